The van der Waals surface area contributed by atoms with Crippen LogP contribution in [0.25, 0.3) is 0 Å². The summed E-state index contributed by atoms with van der Waals surface area (Å²) in [7, 11) is 0. The molecule has 0 saturated heterocycles. The van der Waals surface area contributed by atoms with E-state index in [-0.39, 0.29) is 37.4 Å². The van der Waals surface area contributed by atoms with Gasteiger partial charge in [-0.2, -0.15) is 0 Å². The van der Waals surface area contributed by atoms with Crippen molar-refractivity contribution in [1.29, 1.82) is 0 Å². The fourth-order valence-electron chi connectivity index (χ4n) is 4.28. The van der Waals surface area contributed by atoms with E-state index >= 15 is 0 Å². The number of halogens is 1. The summed E-state index contributed by atoms with van der Waals surface area (Å²) >= 11 is 0. The van der Waals surface area contributed by atoms with Crippen molar-refractivity contribution >= 4 is 17.5 Å². The van der Waals surface area contributed by atoms with Gasteiger partial charge in [0.2, 0.25) is 12.7 Å². The lowest BCUT2D eigenvalue weighted by Gasteiger charge is -2.32. The number of rotatable bonds is 8. The SMILES string of the molecule is O=C(Nc1ccc2c(c1)OCO2)C(c1ccccc1)N(Cc1ccc(F)cc1)C(=O)Cc1ccccc1. The minimum Gasteiger partial charge on any atom is -0.454 e. The van der Waals surface area contributed by atoms with E-state index in [0.29, 0.717) is 28.3 Å². The molecule has 1 aliphatic rings. The third kappa shape index (κ3) is 5.78. The van der Waals surface area contributed by atoms with Crippen LogP contribution in [0.3, 0.4) is 0 Å². The smallest absolute Gasteiger partial charge is 0.251 e. The highest BCUT2D eigenvalue weighted by atomic mass is 19.1. The maximum absolute atomic E-state index is 13.8. The van der Waals surface area contributed by atoms with E-state index in [1.165, 1.54) is 17.0 Å². The molecule has 1 atom stereocenters. The number of nitrogens with zero attached hydrogens (tertiary/aromatic N) is 1. The van der Waals surface area contributed by atoms with Gasteiger partial charge in [-0.15, -0.1) is 0 Å². The van der Waals surface area contributed by atoms with Crippen LogP contribution in [0, 0.1) is 5.82 Å². The summed E-state index contributed by atoms with van der Waals surface area (Å²) in [5, 5.41) is 2.94. The van der Waals surface area contributed by atoms with Crippen molar-refractivity contribution in [2.75, 3.05) is 12.1 Å². The molecule has 186 valence electrons. The number of nitrogens with one attached hydrogen (secondary N) is 1. The van der Waals surface area contributed by atoms with Crippen LogP contribution in [0.4, 0.5) is 10.1 Å². The zero-order valence-electron chi connectivity index (χ0n) is 20.0. The quantitative estimate of drug-likeness (QED) is 0.350. The summed E-state index contributed by atoms with van der Waals surface area (Å²) in [5.41, 5.74) is 2.72. The number of fused-ring (bicyclic) bond motifs is 1. The Labute approximate surface area is 214 Å². The molecular formula is C30H25FN2O4. The van der Waals surface area contributed by atoms with Crippen LogP contribution in [0.2, 0.25) is 0 Å². The molecule has 2 amide bonds. The van der Waals surface area contributed by atoms with Crippen LogP contribution in [0.1, 0.15) is 22.7 Å². The average Bonchev–Trinajstić information content (AvgIpc) is 3.39. The second kappa shape index (κ2) is 11.0. The summed E-state index contributed by atoms with van der Waals surface area (Å²) in [6.07, 6.45) is 0.114. The molecule has 1 heterocycles. The van der Waals surface area contributed by atoms with Gasteiger partial charge < -0.3 is 19.7 Å². The number of hydrogen-bond acceptors (Lipinski definition) is 4. The van der Waals surface area contributed by atoms with E-state index in [1.807, 2.05) is 60.7 Å². The molecule has 0 radical (unpaired) electrons. The molecule has 0 spiro atoms. The first-order chi connectivity index (χ1) is 18.1. The zero-order valence-corrected chi connectivity index (χ0v) is 20.0. The van der Waals surface area contributed by atoms with Gasteiger partial charge in [-0.25, -0.2) is 4.39 Å². The van der Waals surface area contributed by atoms with E-state index < -0.39 is 6.04 Å². The van der Waals surface area contributed by atoms with Crippen molar-refractivity contribution in [3.63, 3.8) is 0 Å². The van der Waals surface area contributed by atoms with E-state index in [2.05, 4.69) is 5.32 Å². The Kier molecular flexibility index (Phi) is 7.12. The average molecular weight is 497 g/mol. The van der Waals surface area contributed by atoms with E-state index in [9.17, 15) is 14.0 Å². The highest BCUT2D eigenvalue weighted by Gasteiger charge is 2.32. The van der Waals surface area contributed by atoms with Crippen LogP contribution in [-0.4, -0.2) is 23.5 Å². The molecular weight excluding hydrogens is 471 g/mol. The molecule has 0 aliphatic carbocycles. The number of carbonyl (C=O) groups excluding carboxylic acids is 2. The summed E-state index contributed by atoms with van der Waals surface area (Å²) < 4.78 is 24.4. The van der Waals surface area contributed by atoms with Crippen molar-refractivity contribution in [2.24, 2.45) is 0 Å². The van der Waals surface area contributed by atoms with Crippen LogP contribution in [0.15, 0.2) is 103 Å². The topological polar surface area (TPSA) is 67.9 Å². The first-order valence-corrected chi connectivity index (χ1v) is 11.9. The molecule has 0 aromatic heterocycles. The minimum atomic E-state index is -0.937. The number of hydrogen-bond donors (Lipinski definition) is 1. The van der Waals surface area contributed by atoms with E-state index in [1.54, 1.807) is 30.3 Å². The Balaban J connectivity index is 1.50. The molecule has 0 saturated carbocycles. The number of carbonyl (C=O) groups is 2. The van der Waals surface area contributed by atoms with Gasteiger partial charge in [0.25, 0.3) is 5.91 Å². The third-order valence-electron chi connectivity index (χ3n) is 6.10. The Morgan fingerprint density at radius 3 is 2.22 bits per heavy atom. The third-order valence-corrected chi connectivity index (χ3v) is 6.10. The van der Waals surface area contributed by atoms with Crippen molar-refractivity contribution < 1.29 is 23.5 Å². The molecule has 4 aromatic rings. The Morgan fingerprint density at radius 2 is 1.49 bits per heavy atom. The highest BCUT2D eigenvalue weighted by molar-refractivity contribution is 5.98. The van der Waals surface area contributed by atoms with Gasteiger partial charge in [-0.3, -0.25) is 9.59 Å². The number of anilines is 1. The Bertz CT molecular complexity index is 1380. The van der Waals surface area contributed by atoms with E-state index in [4.69, 9.17) is 9.47 Å². The number of amides is 2. The fraction of sp³-hybridized carbons (Fsp3) is 0.133. The van der Waals surface area contributed by atoms with Crippen LogP contribution in [0.5, 0.6) is 11.5 Å². The second-order valence-electron chi connectivity index (χ2n) is 8.68. The first kappa shape index (κ1) is 24.1. The number of ether oxygens (including phenoxy) is 2. The standard InChI is InChI=1S/C30H25FN2O4/c31-24-13-11-22(12-14-24)19-33(28(34)17-21-7-3-1-4-8-21)29(23-9-5-2-6-10-23)30(35)32-25-15-16-26-27(18-25)37-20-36-26/h1-16,18,29H,17,19-20H2,(H,32,35). The van der Waals surface area contributed by atoms with E-state index in [0.717, 1.165) is 5.56 Å². The summed E-state index contributed by atoms with van der Waals surface area (Å²) in [4.78, 5) is 29.1. The number of benzene rings is 4. The first-order valence-electron chi connectivity index (χ1n) is 11.9. The predicted octanol–water partition coefficient (Wildman–Crippen LogP) is 5.51. The van der Waals surface area contributed by atoms with Gasteiger partial charge in [-0.05, 0) is 41.0 Å². The summed E-state index contributed by atoms with van der Waals surface area (Å²) in [6, 6.07) is 28.7. The normalized spacial score (nSPS) is 12.6. The molecule has 6 nitrogen and oxygen atoms in total. The van der Waals surface area contributed by atoms with Gasteiger partial charge in [0, 0.05) is 18.3 Å². The van der Waals surface area contributed by atoms with Gasteiger partial charge >= 0.3 is 0 Å². The van der Waals surface area contributed by atoms with Gasteiger partial charge in [-0.1, -0.05) is 72.8 Å². The van der Waals surface area contributed by atoms with Crippen LogP contribution in [-0.2, 0) is 22.6 Å². The van der Waals surface area contributed by atoms with Crippen molar-refractivity contribution in [3.05, 3.63) is 126 Å². The molecule has 4 aromatic carbocycles. The molecule has 0 fully saturated rings. The molecule has 37 heavy (non-hydrogen) atoms. The maximum atomic E-state index is 13.8. The molecule has 1 aliphatic heterocycles. The maximum Gasteiger partial charge on any atom is 0.251 e. The predicted molar refractivity (Wildman–Crippen MR) is 137 cm³/mol. The summed E-state index contributed by atoms with van der Waals surface area (Å²) in [5.74, 6) is 0.163. The monoisotopic (exact) mass is 496 g/mol. The Hall–Kier alpha value is -4.65. The Morgan fingerprint density at radius 1 is 0.811 bits per heavy atom. The minimum absolute atomic E-state index is 0.114. The molecule has 0 bridgehead atoms. The zero-order chi connectivity index (χ0) is 25.6. The molecule has 5 rings (SSSR count). The second-order valence-corrected chi connectivity index (χ2v) is 8.68. The fourth-order valence-corrected chi connectivity index (χ4v) is 4.28. The van der Waals surface area contributed by atoms with Crippen molar-refractivity contribution in [2.45, 2.75) is 19.0 Å². The van der Waals surface area contributed by atoms with Crippen LogP contribution >= 0.6 is 0 Å². The lowest BCUT2D eigenvalue weighted by atomic mass is 10.0. The molecule has 7 heteroatoms. The lowest BCUT2D eigenvalue weighted by Crippen LogP contribution is -2.41. The van der Waals surface area contributed by atoms with Crippen LogP contribution < -0.4 is 14.8 Å². The van der Waals surface area contributed by atoms with Gasteiger partial charge in [0.1, 0.15) is 11.9 Å². The highest BCUT2D eigenvalue weighted by Crippen LogP contribution is 2.35. The lowest BCUT2D eigenvalue weighted by molar-refractivity contribution is -0.139. The van der Waals surface area contributed by atoms with Crippen molar-refractivity contribution in [3.8, 4) is 11.5 Å². The summed E-state index contributed by atoms with van der Waals surface area (Å²) in [6.45, 7) is 0.249. The van der Waals surface area contributed by atoms with Gasteiger partial charge in [0.05, 0.1) is 6.42 Å². The van der Waals surface area contributed by atoms with Crippen molar-refractivity contribution in [1.82, 2.24) is 4.90 Å². The molecule has 1 unspecified atom stereocenters. The largest absolute Gasteiger partial charge is 0.454 e. The van der Waals surface area contributed by atoms with Gasteiger partial charge in [0.15, 0.2) is 11.5 Å². The molecule has 1 N–H and O–H groups in total.